The topological polar surface area (TPSA) is 62.4 Å². The van der Waals surface area contributed by atoms with Gasteiger partial charge in [0.25, 0.3) is 0 Å². The third-order valence-electron chi connectivity index (χ3n) is 1.94. The monoisotopic (exact) mass is 239 g/mol. The van der Waals surface area contributed by atoms with E-state index < -0.39 is 12.7 Å². The lowest BCUT2D eigenvalue weighted by molar-refractivity contribution is -0.148. The summed E-state index contributed by atoms with van der Waals surface area (Å²) in [7, 11) is 0. The molecule has 0 aromatic carbocycles. The van der Waals surface area contributed by atoms with Crippen LogP contribution in [0.5, 0.6) is 0 Å². The molecule has 0 fully saturated rings. The van der Waals surface area contributed by atoms with Crippen molar-refractivity contribution in [3.63, 3.8) is 0 Å². The number of alkyl halides is 3. The minimum absolute atomic E-state index is 0.0462. The van der Waals surface area contributed by atoms with Gasteiger partial charge < -0.3 is 5.11 Å². The van der Waals surface area contributed by atoms with Gasteiger partial charge >= 0.3 is 6.18 Å². The van der Waals surface area contributed by atoms with Crippen molar-refractivity contribution >= 4 is 0 Å². The maximum Gasteiger partial charge on any atom is 0.401 e. The molecule has 92 valence electrons. The van der Waals surface area contributed by atoms with Gasteiger partial charge in [-0.25, -0.2) is 4.63 Å². The van der Waals surface area contributed by atoms with Crippen LogP contribution < -0.4 is 0 Å². The average Bonchev–Trinajstić information content (AvgIpc) is 2.49. The highest BCUT2D eigenvalue weighted by Gasteiger charge is 2.31. The zero-order valence-electron chi connectivity index (χ0n) is 8.66. The van der Waals surface area contributed by atoms with Crippen LogP contribution in [0.2, 0.25) is 0 Å². The summed E-state index contributed by atoms with van der Waals surface area (Å²) in [6, 6.07) is 0. The molecule has 0 saturated heterocycles. The van der Waals surface area contributed by atoms with Gasteiger partial charge in [-0.2, -0.15) is 13.2 Å². The third-order valence-corrected chi connectivity index (χ3v) is 1.94. The Morgan fingerprint density at radius 1 is 1.38 bits per heavy atom. The summed E-state index contributed by atoms with van der Waals surface area (Å²) in [5.41, 5.74) is 0.794. The van der Waals surface area contributed by atoms with Gasteiger partial charge in [0, 0.05) is 13.1 Å². The van der Waals surface area contributed by atoms with Gasteiger partial charge in [-0.3, -0.25) is 4.90 Å². The standard InChI is InChI=1S/C8H12F3N3O2/c1-6-7(13-16-12-6)4-14(2-3-15)5-8(9,10)11/h15H,2-5H2,1H3. The Hall–Kier alpha value is -1.15. The average molecular weight is 239 g/mol. The summed E-state index contributed by atoms with van der Waals surface area (Å²) in [5.74, 6) is 0. The molecule has 1 aromatic rings. The van der Waals surface area contributed by atoms with E-state index in [1.165, 1.54) is 0 Å². The van der Waals surface area contributed by atoms with Gasteiger partial charge in [0.2, 0.25) is 0 Å². The predicted molar refractivity (Wildman–Crippen MR) is 47.5 cm³/mol. The molecule has 0 spiro atoms. The zero-order valence-corrected chi connectivity index (χ0v) is 8.66. The first-order valence-electron chi connectivity index (χ1n) is 4.60. The van der Waals surface area contributed by atoms with E-state index in [4.69, 9.17) is 5.11 Å². The highest BCUT2D eigenvalue weighted by molar-refractivity contribution is 5.04. The van der Waals surface area contributed by atoms with Gasteiger partial charge in [0.15, 0.2) is 0 Å². The zero-order chi connectivity index (χ0) is 12.2. The lowest BCUT2D eigenvalue weighted by atomic mass is 10.3. The van der Waals surface area contributed by atoms with E-state index in [2.05, 4.69) is 14.9 Å². The number of hydrogen-bond donors (Lipinski definition) is 1. The molecule has 5 nitrogen and oxygen atoms in total. The Morgan fingerprint density at radius 3 is 2.50 bits per heavy atom. The Morgan fingerprint density at radius 2 is 2.06 bits per heavy atom. The number of aliphatic hydroxyl groups excluding tert-OH is 1. The first kappa shape index (κ1) is 12.9. The Labute approximate surface area is 89.8 Å². The molecule has 0 unspecified atom stereocenters. The molecule has 0 aliphatic carbocycles. The van der Waals surface area contributed by atoms with Crippen molar-refractivity contribution in [3.05, 3.63) is 11.4 Å². The van der Waals surface area contributed by atoms with Crippen molar-refractivity contribution in [2.75, 3.05) is 19.7 Å². The number of aromatic nitrogens is 2. The van der Waals surface area contributed by atoms with Gasteiger partial charge in [0.1, 0.15) is 11.4 Å². The molecule has 0 saturated carbocycles. The number of nitrogens with zero attached hydrogens (tertiary/aromatic N) is 3. The van der Waals surface area contributed by atoms with Crippen molar-refractivity contribution in [3.8, 4) is 0 Å². The smallest absolute Gasteiger partial charge is 0.395 e. The summed E-state index contributed by atoms with van der Waals surface area (Å²) in [6.07, 6.45) is -4.31. The maximum absolute atomic E-state index is 12.2. The van der Waals surface area contributed by atoms with E-state index in [0.717, 1.165) is 4.90 Å². The summed E-state index contributed by atoms with van der Waals surface area (Å²) in [6.45, 7) is 0.0258. The van der Waals surface area contributed by atoms with Crippen molar-refractivity contribution in [1.29, 1.82) is 0 Å². The van der Waals surface area contributed by atoms with Crippen LogP contribution in [-0.4, -0.2) is 46.2 Å². The van der Waals surface area contributed by atoms with Crippen LogP contribution in [0.3, 0.4) is 0 Å². The van der Waals surface area contributed by atoms with Crippen LogP contribution >= 0.6 is 0 Å². The molecule has 1 heterocycles. The van der Waals surface area contributed by atoms with Crippen LogP contribution in [0.25, 0.3) is 0 Å². The second-order valence-corrected chi connectivity index (χ2v) is 3.35. The van der Waals surface area contributed by atoms with E-state index in [9.17, 15) is 13.2 Å². The number of hydrogen-bond acceptors (Lipinski definition) is 5. The molecule has 0 radical (unpaired) electrons. The third kappa shape index (κ3) is 4.15. The van der Waals surface area contributed by atoms with E-state index in [0.29, 0.717) is 11.4 Å². The summed E-state index contributed by atoms with van der Waals surface area (Å²) in [5, 5.41) is 15.6. The molecule has 0 aliphatic rings. The number of aryl methyl sites for hydroxylation is 1. The Balaban J connectivity index is 2.61. The Bertz CT molecular complexity index is 327. The molecule has 1 N–H and O–H groups in total. The lowest BCUT2D eigenvalue weighted by Crippen LogP contribution is -2.36. The molecule has 1 rings (SSSR count). The fraction of sp³-hybridized carbons (Fsp3) is 0.750. The highest BCUT2D eigenvalue weighted by Crippen LogP contribution is 2.17. The van der Waals surface area contributed by atoms with Crippen LogP contribution in [0.4, 0.5) is 13.2 Å². The molecule has 8 heteroatoms. The first-order valence-corrected chi connectivity index (χ1v) is 4.60. The predicted octanol–water partition coefficient (Wildman–Crippen LogP) is 0.735. The van der Waals surface area contributed by atoms with Gasteiger partial charge in [-0.15, -0.1) is 0 Å². The number of aliphatic hydroxyl groups is 1. The van der Waals surface area contributed by atoms with Gasteiger partial charge in [0.05, 0.1) is 13.2 Å². The number of halogens is 3. The normalized spacial score (nSPS) is 12.4. The largest absolute Gasteiger partial charge is 0.401 e. The van der Waals surface area contributed by atoms with Crippen molar-refractivity contribution in [1.82, 2.24) is 15.2 Å². The number of rotatable bonds is 5. The van der Waals surface area contributed by atoms with Gasteiger partial charge in [-0.05, 0) is 6.92 Å². The van der Waals surface area contributed by atoms with Crippen molar-refractivity contribution in [2.45, 2.75) is 19.6 Å². The SMILES string of the molecule is Cc1nonc1CN(CCO)CC(F)(F)F. The molecule has 0 amide bonds. The van der Waals surface area contributed by atoms with E-state index in [1.54, 1.807) is 6.92 Å². The molecule has 0 atom stereocenters. The summed E-state index contributed by atoms with van der Waals surface area (Å²) < 4.78 is 40.9. The summed E-state index contributed by atoms with van der Waals surface area (Å²) >= 11 is 0. The van der Waals surface area contributed by atoms with Crippen molar-refractivity contribution < 1.29 is 22.9 Å². The van der Waals surface area contributed by atoms with Crippen LogP contribution in [0.1, 0.15) is 11.4 Å². The molecule has 16 heavy (non-hydrogen) atoms. The molecular formula is C8H12F3N3O2. The van der Waals surface area contributed by atoms with Crippen LogP contribution in [-0.2, 0) is 6.54 Å². The fourth-order valence-electron chi connectivity index (χ4n) is 1.21. The fourth-order valence-corrected chi connectivity index (χ4v) is 1.21. The second kappa shape index (κ2) is 5.26. The Kier molecular flexibility index (Phi) is 4.25. The first-order chi connectivity index (χ1) is 7.42. The van der Waals surface area contributed by atoms with Crippen molar-refractivity contribution in [2.24, 2.45) is 0 Å². The molecule has 1 aromatic heterocycles. The van der Waals surface area contributed by atoms with E-state index in [-0.39, 0.29) is 19.7 Å². The van der Waals surface area contributed by atoms with Crippen LogP contribution in [0.15, 0.2) is 4.63 Å². The quantitative estimate of drug-likeness (QED) is 0.820. The highest BCUT2D eigenvalue weighted by atomic mass is 19.4. The minimum atomic E-state index is -4.31. The van der Waals surface area contributed by atoms with E-state index >= 15 is 0 Å². The second-order valence-electron chi connectivity index (χ2n) is 3.35. The molecule has 0 aliphatic heterocycles. The van der Waals surface area contributed by atoms with Gasteiger partial charge in [-0.1, -0.05) is 10.3 Å². The molecular weight excluding hydrogens is 227 g/mol. The van der Waals surface area contributed by atoms with Crippen LogP contribution in [0, 0.1) is 6.92 Å². The minimum Gasteiger partial charge on any atom is -0.395 e. The summed E-state index contributed by atoms with van der Waals surface area (Å²) in [4.78, 5) is 1.03. The maximum atomic E-state index is 12.2. The molecule has 0 bridgehead atoms. The van der Waals surface area contributed by atoms with E-state index in [1.807, 2.05) is 0 Å². The lowest BCUT2D eigenvalue weighted by Gasteiger charge is -2.21.